The maximum Gasteiger partial charge on any atom is 0.407 e. The molecule has 0 saturated carbocycles. The number of hydrogen-bond acceptors (Lipinski definition) is 4. The topological polar surface area (TPSA) is 80.5 Å². The van der Waals surface area contributed by atoms with Gasteiger partial charge in [-0.15, -0.1) is 0 Å². The van der Waals surface area contributed by atoms with Crippen molar-refractivity contribution in [2.24, 2.45) is 5.92 Å². The van der Waals surface area contributed by atoms with Gasteiger partial charge in [0.05, 0.1) is 5.56 Å². The minimum absolute atomic E-state index is 0.347. The highest BCUT2D eigenvalue weighted by atomic mass is 16.4. The number of carboxylic acid groups (broad SMARTS) is 1. The summed E-state index contributed by atoms with van der Waals surface area (Å²) in [5.74, 6) is 1.52. The third-order valence-corrected chi connectivity index (χ3v) is 4.69. The normalized spacial score (nSPS) is 15.3. The second-order valence-corrected chi connectivity index (χ2v) is 6.66. The van der Waals surface area contributed by atoms with Crippen LogP contribution in [0.25, 0.3) is 0 Å². The van der Waals surface area contributed by atoms with Crippen molar-refractivity contribution < 1.29 is 9.90 Å². The Kier molecular flexibility index (Phi) is 6.42. The molecule has 0 unspecified atom stereocenters. The number of likely N-dealkylation sites (tertiary alicyclic amines) is 1. The molecule has 1 fully saturated rings. The number of rotatable bonds is 6. The number of amides is 1. The lowest BCUT2D eigenvalue weighted by atomic mass is 9.92. The van der Waals surface area contributed by atoms with Crippen molar-refractivity contribution in [1.82, 2.24) is 9.88 Å². The SMILES string of the molecule is CC(C)N(CCCC1CCN(C(=O)O)CC1)c1ccc(C#N)cn1. The number of anilines is 1. The molecule has 1 aliphatic rings. The van der Waals surface area contributed by atoms with E-state index in [1.807, 2.05) is 6.07 Å². The summed E-state index contributed by atoms with van der Waals surface area (Å²) in [7, 11) is 0. The van der Waals surface area contributed by atoms with E-state index in [4.69, 9.17) is 10.4 Å². The molecular weight excluding hydrogens is 304 g/mol. The Morgan fingerprint density at radius 2 is 2.17 bits per heavy atom. The minimum Gasteiger partial charge on any atom is -0.465 e. The number of piperidine rings is 1. The lowest BCUT2D eigenvalue weighted by Crippen LogP contribution is -2.38. The number of aromatic nitrogens is 1. The maximum atomic E-state index is 10.9. The molecule has 0 bridgehead atoms. The van der Waals surface area contributed by atoms with Crippen molar-refractivity contribution in [3.8, 4) is 6.07 Å². The summed E-state index contributed by atoms with van der Waals surface area (Å²) in [6, 6.07) is 6.15. The Hall–Kier alpha value is -2.29. The van der Waals surface area contributed by atoms with Gasteiger partial charge in [0.25, 0.3) is 0 Å². The monoisotopic (exact) mass is 330 g/mol. The summed E-state index contributed by atoms with van der Waals surface area (Å²) in [5, 5.41) is 17.9. The van der Waals surface area contributed by atoms with Crippen LogP contribution in [0.2, 0.25) is 0 Å². The van der Waals surface area contributed by atoms with E-state index >= 15 is 0 Å². The van der Waals surface area contributed by atoms with Crippen LogP contribution in [-0.4, -0.2) is 46.8 Å². The molecule has 0 radical (unpaired) electrons. The van der Waals surface area contributed by atoms with Gasteiger partial charge >= 0.3 is 6.09 Å². The van der Waals surface area contributed by atoms with E-state index < -0.39 is 6.09 Å². The molecule has 0 atom stereocenters. The first-order valence-corrected chi connectivity index (χ1v) is 8.62. The van der Waals surface area contributed by atoms with Gasteiger partial charge in [0, 0.05) is 31.9 Å². The van der Waals surface area contributed by atoms with Crippen LogP contribution in [0, 0.1) is 17.2 Å². The highest BCUT2D eigenvalue weighted by Crippen LogP contribution is 2.23. The predicted octanol–water partition coefficient (Wildman–Crippen LogP) is 3.34. The van der Waals surface area contributed by atoms with E-state index in [0.29, 0.717) is 30.6 Å². The van der Waals surface area contributed by atoms with Gasteiger partial charge in [-0.2, -0.15) is 5.26 Å². The number of nitrogens with zero attached hydrogens (tertiary/aromatic N) is 4. The van der Waals surface area contributed by atoms with E-state index in [1.54, 1.807) is 12.3 Å². The molecule has 1 N–H and O–H groups in total. The van der Waals surface area contributed by atoms with Gasteiger partial charge in [-0.1, -0.05) is 0 Å². The van der Waals surface area contributed by atoms with E-state index in [1.165, 1.54) is 4.90 Å². The van der Waals surface area contributed by atoms with Crippen LogP contribution in [0.15, 0.2) is 18.3 Å². The fourth-order valence-corrected chi connectivity index (χ4v) is 3.22. The molecule has 1 aromatic rings. The average molecular weight is 330 g/mol. The summed E-state index contributed by atoms with van der Waals surface area (Å²) in [5.41, 5.74) is 0.577. The Morgan fingerprint density at radius 3 is 2.67 bits per heavy atom. The van der Waals surface area contributed by atoms with Crippen molar-refractivity contribution in [2.75, 3.05) is 24.5 Å². The quantitative estimate of drug-likeness (QED) is 0.865. The molecule has 0 spiro atoms. The average Bonchev–Trinajstić information content (AvgIpc) is 2.59. The number of nitriles is 1. The molecule has 6 nitrogen and oxygen atoms in total. The molecule has 2 heterocycles. The zero-order valence-corrected chi connectivity index (χ0v) is 14.5. The molecule has 0 aromatic carbocycles. The minimum atomic E-state index is -0.800. The number of hydrogen-bond donors (Lipinski definition) is 1. The first-order chi connectivity index (χ1) is 11.5. The van der Waals surface area contributed by atoms with Crippen molar-refractivity contribution in [2.45, 2.75) is 45.6 Å². The zero-order valence-electron chi connectivity index (χ0n) is 14.5. The Bertz CT molecular complexity index is 572. The van der Waals surface area contributed by atoms with Crippen LogP contribution < -0.4 is 4.90 Å². The van der Waals surface area contributed by atoms with E-state index in [9.17, 15) is 4.79 Å². The molecule has 24 heavy (non-hydrogen) atoms. The molecule has 1 saturated heterocycles. The van der Waals surface area contributed by atoms with Crippen molar-refractivity contribution >= 4 is 11.9 Å². The summed E-state index contributed by atoms with van der Waals surface area (Å²) in [6.45, 7) is 6.53. The fraction of sp³-hybridized carbons (Fsp3) is 0.611. The predicted molar refractivity (Wildman–Crippen MR) is 93.0 cm³/mol. The van der Waals surface area contributed by atoms with Crippen molar-refractivity contribution in [3.63, 3.8) is 0 Å². The number of pyridine rings is 1. The van der Waals surface area contributed by atoms with Crippen LogP contribution in [0.4, 0.5) is 10.6 Å². The second kappa shape index (κ2) is 8.53. The third-order valence-electron chi connectivity index (χ3n) is 4.69. The first kappa shape index (κ1) is 18.1. The van der Waals surface area contributed by atoms with Crippen molar-refractivity contribution in [3.05, 3.63) is 23.9 Å². The van der Waals surface area contributed by atoms with Gasteiger partial charge in [0.15, 0.2) is 0 Å². The van der Waals surface area contributed by atoms with Crippen LogP contribution in [0.1, 0.15) is 45.1 Å². The molecule has 6 heteroatoms. The Morgan fingerprint density at radius 1 is 1.46 bits per heavy atom. The summed E-state index contributed by atoms with van der Waals surface area (Å²) < 4.78 is 0. The Balaban J connectivity index is 1.82. The fourth-order valence-electron chi connectivity index (χ4n) is 3.22. The van der Waals surface area contributed by atoms with Crippen LogP contribution in [0.5, 0.6) is 0 Å². The van der Waals surface area contributed by atoms with Crippen molar-refractivity contribution in [1.29, 1.82) is 5.26 Å². The molecule has 1 aliphatic heterocycles. The largest absolute Gasteiger partial charge is 0.465 e. The zero-order chi connectivity index (χ0) is 17.5. The summed E-state index contributed by atoms with van der Waals surface area (Å²) in [6.07, 6.45) is 4.93. The van der Waals surface area contributed by atoms with Gasteiger partial charge in [0.1, 0.15) is 11.9 Å². The molecular formula is C18H26N4O2. The molecule has 130 valence electrons. The number of carbonyl (C=O) groups is 1. The molecule has 2 rings (SSSR count). The van der Waals surface area contributed by atoms with Gasteiger partial charge in [-0.05, 0) is 57.6 Å². The van der Waals surface area contributed by atoms with Crippen LogP contribution in [0.3, 0.4) is 0 Å². The van der Waals surface area contributed by atoms with E-state index in [-0.39, 0.29) is 0 Å². The maximum absolute atomic E-state index is 10.9. The Labute approximate surface area is 143 Å². The van der Waals surface area contributed by atoms with E-state index in [2.05, 4.69) is 29.8 Å². The molecule has 1 amide bonds. The molecule has 1 aromatic heterocycles. The van der Waals surface area contributed by atoms with Gasteiger partial charge in [-0.3, -0.25) is 0 Å². The lowest BCUT2D eigenvalue weighted by Gasteiger charge is -2.31. The highest BCUT2D eigenvalue weighted by Gasteiger charge is 2.22. The van der Waals surface area contributed by atoms with Gasteiger partial charge < -0.3 is 14.9 Å². The second-order valence-electron chi connectivity index (χ2n) is 6.66. The smallest absolute Gasteiger partial charge is 0.407 e. The molecule has 0 aliphatic carbocycles. The lowest BCUT2D eigenvalue weighted by molar-refractivity contribution is 0.123. The van der Waals surface area contributed by atoms with Crippen LogP contribution in [-0.2, 0) is 0 Å². The van der Waals surface area contributed by atoms with E-state index in [0.717, 1.165) is 38.0 Å². The first-order valence-electron chi connectivity index (χ1n) is 8.62. The summed E-state index contributed by atoms with van der Waals surface area (Å²) >= 11 is 0. The van der Waals surface area contributed by atoms with Crippen LogP contribution >= 0.6 is 0 Å². The highest BCUT2D eigenvalue weighted by molar-refractivity contribution is 5.64. The summed E-state index contributed by atoms with van der Waals surface area (Å²) in [4.78, 5) is 19.1. The standard InChI is InChI=1S/C18H26N4O2/c1-14(2)22(17-6-5-16(12-19)13-20-17)9-3-4-15-7-10-21(11-8-15)18(23)24/h5-6,13-15H,3-4,7-11H2,1-2H3,(H,23,24). The van der Waals surface area contributed by atoms with Gasteiger partial charge in [0.2, 0.25) is 0 Å². The van der Waals surface area contributed by atoms with Gasteiger partial charge in [-0.25, -0.2) is 9.78 Å². The third kappa shape index (κ3) is 4.85.